The van der Waals surface area contributed by atoms with Crippen LogP contribution in [0.1, 0.15) is 24.1 Å². The first kappa shape index (κ1) is 15.8. The average Bonchev–Trinajstić information content (AvgIpc) is 2.46. The summed E-state index contributed by atoms with van der Waals surface area (Å²) in [6, 6.07) is 12.2. The van der Waals surface area contributed by atoms with Crippen molar-refractivity contribution in [2.24, 2.45) is 0 Å². The maximum atomic E-state index is 11.0. The van der Waals surface area contributed by atoms with Gasteiger partial charge in [-0.1, -0.05) is 41.4 Å². The van der Waals surface area contributed by atoms with Gasteiger partial charge >= 0.3 is 0 Å². The zero-order chi connectivity index (χ0) is 15.4. The third-order valence-corrected chi connectivity index (χ3v) is 3.85. The topological polar surface area (TPSA) is 55.2 Å². The van der Waals surface area contributed by atoms with E-state index in [0.717, 1.165) is 5.56 Å². The Labute approximate surface area is 132 Å². The number of halogens is 2. The van der Waals surface area contributed by atoms with Gasteiger partial charge in [0.15, 0.2) is 0 Å². The van der Waals surface area contributed by atoms with E-state index in [1.54, 1.807) is 12.1 Å². The molecule has 4 nitrogen and oxygen atoms in total. The van der Waals surface area contributed by atoms with Crippen LogP contribution in [0.5, 0.6) is 0 Å². The van der Waals surface area contributed by atoms with Crippen molar-refractivity contribution in [1.82, 2.24) is 5.32 Å². The number of nitrogens with one attached hydrogen (secondary N) is 1. The number of nitro groups is 1. The lowest BCUT2D eigenvalue weighted by Gasteiger charge is -2.15. The molecule has 0 aromatic heterocycles. The minimum atomic E-state index is -0.421. The molecule has 0 saturated heterocycles. The van der Waals surface area contributed by atoms with E-state index in [1.165, 1.54) is 6.07 Å². The Kier molecular flexibility index (Phi) is 5.17. The molecule has 1 N–H and O–H groups in total. The molecule has 1 atom stereocenters. The zero-order valence-electron chi connectivity index (χ0n) is 11.3. The van der Waals surface area contributed by atoms with Crippen molar-refractivity contribution in [2.75, 3.05) is 0 Å². The number of hydrogen-bond donors (Lipinski definition) is 1. The quantitative estimate of drug-likeness (QED) is 0.637. The Hall–Kier alpha value is -1.62. The van der Waals surface area contributed by atoms with Crippen LogP contribution in [0.4, 0.5) is 5.69 Å². The minimum Gasteiger partial charge on any atom is -0.306 e. The van der Waals surface area contributed by atoms with Crippen LogP contribution in [0.3, 0.4) is 0 Å². The molecule has 0 aliphatic carbocycles. The van der Waals surface area contributed by atoms with E-state index in [9.17, 15) is 10.1 Å². The summed E-state index contributed by atoms with van der Waals surface area (Å²) in [6.45, 7) is 2.30. The number of benzene rings is 2. The largest absolute Gasteiger partial charge is 0.306 e. The minimum absolute atomic E-state index is 0.0261. The Morgan fingerprint density at radius 1 is 1.19 bits per heavy atom. The first-order valence-corrected chi connectivity index (χ1v) is 7.15. The Morgan fingerprint density at radius 2 is 1.86 bits per heavy atom. The highest BCUT2D eigenvalue weighted by Crippen LogP contribution is 2.27. The molecular weight excluding hydrogens is 311 g/mol. The van der Waals surface area contributed by atoms with Gasteiger partial charge in [-0.3, -0.25) is 10.1 Å². The summed E-state index contributed by atoms with van der Waals surface area (Å²) < 4.78 is 0. The van der Waals surface area contributed by atoms with E-state index < -0.39 is 4.92 Å². The highest BCUT2D eigenvalue weighted by Gasteiger charge is 2.17. The normalized spacial score (nSPS) is 12.1. The lowest BCUT2D eigenvalue weighted by Crippen LogP contribution is -2.19. The van der Waals surface area contributed by atoms with Gasteiger partial charge < -0.3 is 5.32 Å². The van der Waals surface area contributed by atoms with Gasteiger partial charge in [0.1, 0.15) is 0 Å². The van der Waals surface area contributed by atoms with Gasteiger partial charge in [0.2, 0.25) is 0 Å². The third kappa shape index (κ3) is 3.94. The summed E-state index contributed by atoms with van der Waals surface area (Å²) >= 11 is 11.9. The number of nitrogens with zero attached hydrogens (tertiary/aromatic N) is 1. The van der Waals surface area contributed by atoms with Crippen LogP contribution in [-0.4, -0.2) is 4.92 Å². The lowest BCUT2D eigenvalue weighted by molar-refractivity contribution is -0.385. The average molecular weight is 325 g/mol. The molecule has 0 radical (unpaired) electrons. The molecule has 0 bridgehead atoms. The van der Waals surface area contributed by atoms with Crippen LogP contribution in [0.2, 0.25) is 10.0 Å². The summed E-state index contributed by atoms with van der Waals surface area (Å²) in [4.78, 5) is 10.6. The fourth-order valence-corrected chi connectivity index (χ4v) is 2.38. The van der Waals surface area contributed by atoms with Crippen LogP contribution in [0.15, 0.2) is 42.5 Å². The van der Waals surface area contributed by atoms with Gasteiger partial charge in [-0.05, 0) is 30.7 Å². The number of hydrogen-bond acceptors (Lipinski definition) is 3. The van der Waals surface area contributed by atoms with E-state index in [2.05, 4.69) is 5.32 Å². The predicted molar refractivity (Wildman–Crippen MR) is 84.8 cm³/mol. The molecule has 6 heteroatoms. The first-order chi connectivity index (χ1) is 9.99. The second-order valence-corrected chi connectivity index (χ2v) is 5.49. The van der Waals surface area contributed by atoms with Gasteiger partial charge in [0.05, 0.1) is 15.5 Å². The van der Waals surface area contributed by atoms with Crippen LogP contribution in [-0.2, 0) is 6.54 Å². The number of rotatable bonds is 5. The maximum absolute atomic E-state index is 11.0. The molecule has 0 saturated carbocycles. The molecule has 110 valence electrons. The van der Waals surface area contributed by atoms with E-state index in [-0.39, 0.29) is 11.7 Å². The van der Waals surface area contributed by atoms with Gasteiger partial charge in [0, 0.05) is 23.7 Å². The highest BCUT2D eigenvalue weighted by molar-refractivity contribution is 6.31. The predicted octanol–water partition coefficient (Wildman–Crippen LogP) is 4.75. The molecule has 2 aromatic rings. The lowest BCUT2D eigenvalue weighted by atomic mass is 10.1. The van der Waals surface area contributed by atoms with Crippen molar-refractivity contribution < 1.29 is 4.92 Å². The molecule has 0 amide bonds. The fraction of sp³-hybridized carbons (Fsp3) is 0.200. The molecule has 0 heterocycles. The van der Waals surface area contributed by atoms with Crippen LogP contribution < -0.4 is 5.32 Å². The van der Waals surface area contributed by atoms with Crippen molar-refractivity contribution in [3.05, 3.63) is 73.8 Å². The molecule has 0 spiro atoms. The highest BCUT2D eigenvalue weighted by atomic mass is 35.5. The Bertz CT molecular complexity index is 645. The van der Waals surface area contributed by atoms with Crippen LogP contribution >= 0.6 is 23.2 Å². The third-order valence-electron chi connectivity index (χ3n) is 3.25. The molecule has 0 fully saturated rings. The van der Waals surface area contributed by atoms with Gasteiger partial charge in [-0.2, -0.15) is 0 Å². The molecular formula is C15H14Cl2N2O2. The molecule has 2 rings (SSSR count). The molecule has 0 aliphatic rings. The summed E-state index contributed by atoms with van der Waals surface area (Å²) in [7, 11) is 0. The maximum Gasteiger partial charge on any atom is 0.275 e. The SMILES string of the molecule is C[C@@H](NCc1c(Cl)cccc1[N+](=O)[O-])c1ccc(Cl)cc1. The van der Waals surface area contributed by atoms with Crippen molar-refractivity contribution in [2.45, 2.75) is 19.5 Å². The first-order valence-electron chi connectivity index (χ1n) is 6.39. The summed E-state index contributed by atoms with van der Waals surface area (Å²) in [5.41, 5.74) is 1.57. The van der Waals surface area contributed by atoms with Gasteiger partial charge in [0.25, 0.3) is 5.69 Å². The van der Waals surface area contributed by atoms with Crippen molar-refractivity contribution in [1.29, 1.82) is 0 Å². The Balaban J connectivity index is 2.13. The van der Waals surface area contributed by atoms with Crippen LogP contribution in [0, 0.1) is 10.1 Å². The van der Waals surface area contributed by atoms with Crippen LogP contribution in [0.25, 0.3) is 0 Å². The van der Waals surface area contributed by atoms with E-state index >= 15 is 0 Å². The molecule has 0 unspecified atom stereocenters. The van der Waals surface area contributed by atoms with Gasteiger partial charge in [-0.25, -0.2) is 0 Å². The standard InChI is InChI=1S/C15H14Cl2N2O2/c1-10(11-5-7-12(16)8-6-11)18-9-13-14(17)3-2-4-15(13)19(20)21/h2-8,10,18H,9H2,1H3/t10-/m1/s1. The zero-order valence-corrected chi connectivity index (χ0v) is 12.9. The summed E-state index contributed by atoms with van der Waals surface area (Å²) in [5, 5.41) is 15.3. The van der Waals surface area contributed by atoms with Crippen molar-refractivity contribution in [3.63, 3.8) is 0 Å². The van der Waals surface area contributed by atoms with Crippen molar-refractivity contribution in [3.8, 4) is 0 Å². The van der Waals surface area contributed by atoms with E-state index in [1.807, 2.05) is 31.2 Å². The molecule has 21 heavy (non-hydrogen) atoms. The van der Waals surface area contributed by atoms with Crippen molar-refractivity contribution >= 4 is 28.9 Å². The fourth-order valence-electron chi connectivity index (χ4n) is 2.02. The Morgan fingerprint density at radius 3 is 2.48 bits per heavy atom. The summed E-state index contributed by atoms with van der Waals surface area (Å²) in [5.74, 6) is 0. The van der Waals surface area contributed by atoms with Gasteiger partial charge in [-0.15, -0.1) is 0 Å². The van der Waals surface area contributed by atoms with E-state index in [4.69, 9.17) is 23.2 Å². The molecule has 0 aliphatic heterocycles. The number of nitro benzene ring substituents is 1. The smallest absolute Gasteiger partial charge is 0.275 e. The summed E-state index contributed by atoms with van der Waals surface area (Å²) in [6.07, 6.45) is 0. The van der Waals surface area contributed by atoms with E-state index in [0.29, 0.717) is 22.2 Å². The second-order valence-electron chi connectivity index (χ2n) is 4.65. The monoisotopic (exact) mass is 324 g/mol. The second kappa shape index (κ2) is 6.89. The molecule has 2 aromatic carbocycles.